The number of halogens is 1. The van der Waals surface area contributed by atoms with E-state index >= 15 is 4.39 Å². The molecule has 31 heavy (non-hydrogen) atoms. The molecule has 1 atom stereocenters. The number of hydrogen-bond donors (Lipinski definition) is 1. The van der Waals surface area contributed by atoms with E-state index in [2.05, 4.69) is 35.7 Å². The van der Waals surface area contributed by atoms with Crippen molar-refractivity contribution in [3.05, 3.63) is 53.6 Å². The molecule has 1 aromatic heterocycles. The van der Waals surface area contributed by atoms with E-state index in [9.17, 15) is 0 Å². The third kappa shape index (κ3) is 4.42. The van der Waals surface area contributed by atoms with Crippen LogP contribution in [0.15, 0.2) is 36.4 Å². The topological polar surface area (TPSA) is 62.8 Å². The van der Waals surface area contributed by atoms with Crippen LogP contribution in [0.25, 0.3) is 5.57 Å². The van der Waals surface area contributed by atoms with Crippen LogP contribution in [0, 0.1) is 5.82 Å². The van der Waals surface area contributed by atoms with Crippen LogP contribution in [-0.4, -0.2) is 69.1 Å². The molecule has 8 heteroatoms. The standard InChI is InChI=1S/C23H28FN5O2/c24-20-22(28-8-12-30-13-9-28)26-21(27-23(20)29-10-14-31-15-11-29)19-16-18(6-7-25-19)17-4-2-1-3-5-17/h1-5,16,19,25H,6-15H2. The fraction of sp³-hybridized carbons (Fsp3) is 0.478. The van der Waals surface area contributed by atoms with Crippen LogP contribution in [0.2, 0.25) is 0 Å². The molecule has 3 aliphatic rings. The number of benzene rings is 1. The highest BCUT2D eigenvalue weighted by Gasteiger charge is 2.28. The summed E-state index contributed by atoms with van der Waals surface area (Å²) in [7, 11) is 0. The summed E-state index contributed by atoms with van der Waals surface area (Å²) in [6, 6.07) is 10.2. The molecule has 0 aliphatic carbocycles. The normalized spacial score (nSPS) is 22.4. The zero-order valence-electron chi connectivity index (χ0n) is 17.6. The minimum Gasteiger partial charge on any atom is -0.378 e. The smallest absolute Gasteiger partial charge is 0.208 e. The summed E-state index contributed by atoms with van der Waals surface area (Å²) in [6.45, 7) is 5.62. The summed E-state index contributed by atoms with van der Waals surface area (Å²) in [4.78, 5) is 13.4. The quantitative estimate of drug-likeness (QED) is 0.807. The van der Waals surface area contributed by atoms with Gasteiger partial charge in [-0.25, -0.2) is 9.97 Å². The summed E-state index contributed by atoms with van der Waals surface area (Å²) in [5, 5.41) is 3.50. The Morgan fingerprint density at radius 3 is 2.03 bits per heavy atom. The van der Waals surface area contributed by atoms with Gasteiger partial charge in [0.2, 0.25) is 5.82 Å². The summed E-state index contributed by atoms with van der Waals surface area (Å²) in [5.41, 5.74) is 2.47. The lowest BCUT2D eigenvalue weighted by molar-refractivity contribution is 0.121. The largest absolute Gasteiger partial charge is 0.378 e. The zero-order chi connectivity index (χ0) is 21.0. The SMILES string of the molecule is Fc1c(N2CCOCC2)nc(C2C=C(c3ccccc3)CCN2)nc1N1CCOCC1. The van der Waals surface area contributed by atoms with E-state index in [4.69, 9.17) is 19.4 Å². The number of anilines is 2. The van der Waals surface area contributed by atoms with Crippen LogP contribution in [0.1, 0.15) is 23.9 Å². The molecule has 164 valence electrons. The minimum absolute atomic E-state index is 0.163. The second kappa shape index (κ2) is 9.30. The summed E-state index contributed by atoms with van der Waals surface area (Å²) in [6.07, 6.45) is 3.12. The highest BCUT2D eigenvalue weighted by Crippen LogP contribution is 2.31. The molecule has 1 unspecified atom stereocenters. The van der Waals surface area contributed by atoms with Gasteiger partial charge in [0.1, 0.15) is 0 Å². The van der Waals surface area contributed by atoms with Gasteiger partial charge in [-0.2, -0.15) is 4.39 Å². The Labute approximate surface area is 181 Å². The first kappa shape index (κ1) is 20.4. The predicted molar refractivity (Wildman–Crippen MR) is 118 cm³/mol. The number of nitrogens with one attached hydrogen (secondary N) is 1. The van der Waals surface area contributed by atoms with Gasteiger partial charge in [0.15, 0.2) is 17.5 Å². The van der Waals surface area contributed by atoms with Gasteiger partial charge >= 0.3 is 0 Å². The van der Waals surface area contributed by atoms with Crippen molar-refractivity contribution in [3.63, 3.8) is 0 Å². The molecule has 0 spiro atoms. The molecule has 5 rings (SSSR count). The number of hydrogen-bond acceptors (Lipinski definition) is 7. The molecule has 1 aromatic carbocycles. The Morgan fingerprint density at radius 2 is 1.45 bits per heavy atom. The maximum absolute atomic E-state index is 15.6. The van der Waals surface area contributed by atoms with Crippen molar-refractivity contribution in [2.45, 2.75) is 12.5 Å². The number of nitrogens with zero attached hydrogens (tertiary/aromatic N) is 4. The fourth-order valence-electron chi connectivity index (χ4n) is 4.31. The number of morpholine rings is 2. The molecule has 0 radical (unpaired) electrons. The Balaban J connectivity index is 1.54. The van der Waals surface area contributed by atoms with Crippen molar-refractivity contribution < 1.29 is 13.9 Å². The van der Waals surface area contributed by atoms with Gasteiger partial charge in [-0.1, -0.05) is 36.4 Å². The van der Waals surface area contributed by atoms with Crippen LogP contribution < -0.4 is 15.1 Å². The molecule has 2 fully saturated rings. The minimum atomic E-state index is -0.351. The Hall–Kier alpha value is -2.55. The van der Waals surface area contributed by atoms with Crippen LogP contribution in [-0.2, 0) is 9.47 Å². The zero-order valence-corrected chi connectivity index (χ0v) is 17.6. The second-order valence-electron chi connectivity index (χ2n) is 7.98. The molecular weight excluding hydrogens is 397 g/mol. The average molecular weight is 426 g/mol. The lowest BCUT2D eigenvalue weighted by atomic mass is 9.97. The van der Waals surface area contributed by atoms with Gasteiger partial charge in [-0.3, -0.25) is 0 Å². The molecule has 4 heterocycles. The highest BCUT2D eigenvalue weighted by atomic mass is 19.1. The van der Waals surface area contributed by atoms with E-state index in [1.807, 2.05) is 15.9 Å². The Morgan fingerprint density at radius 1 is 0.871 bits per heavy atom. The number of ether oxygens (including phenoxy) is 2. The first-order chi connectivity index (χ1) is 15.3. The van der Waals surface area contributed by atoms with Gasteiger partial charge in [0.25, 0.3) is 0 Å². The molecule has 1 N–H and O–H groups in total. The molecular formula is C23H28FN5O2. The van der Waals surface area contributed by atoms with Gasteiger partial charge in [-0.05, 0) is 17.6 Å². The van der Waals surface area contributed by atoms with Gasteiger partial charge in [-0.15, -0.1) is 0 Å². The molecule has 2 aromatic rings. The number of aromatic nitrogens is 2. The van der Waals surface area contributed by atoms with E-state index < -0.39 is 0 Å². The summed E-state index contributed by atoms with van der Waals surface area (Å²) >= 11 is 0. The number of rotatable bonds is 4. The maximum Gasteiger partial charge on any atom is 0.208 e. The third-order valence-electron chi connectivity index (χ3n) is 6.00. The van der Waals surface area contributed by atoms with Crippen molar-refractivity contribution in [2.24, 2.45) is 0 Å². The monoisotopic (exact) mass is 425 g/mol. The molecule has 0 saturated carbocycles. The Kier molecular flexibility index (Phi) is 6.11. The van der Waals surface area contributed by atoms with E-state index in [1.54, 1.807) is 0 Å². The highest BCUT2D eigenvalue weighted by molar-refractivity contribution is 5.67. The second-order valence-corrected chi connectivity index (χ2v) is 7.98. The van der Waals surface area contributed by atoms with Crippen LogP contribution in [0.5, 0.6) is 0 Å². The summed E-state index contributed by atoms with van der Waals surface area (Å²) in [5.74, 6) is 1.00. The first-order valence-corrected chi connectivity index (χ1v) is 11.0. The summed E-state index contributed by atoms with van der Waals surface area (Å²) < 4.78 is 26.5. The van der Waals surface area contributed by atoms with E-state index in [0.29, 0.717) is 70.1 Å². The van der Waals surface area contributed by atoms with Crippen LogP contribution >= 0.6 is 0 Å². The van der Waals surface area contributed by atoms with Crippen molar-refractivity contribution in [1.82, 2.24) is 15.3 Å². The Bertz CT molecular complexity index is 888. The average Bonchev–Trinajstić information content (AvgIpc) is 2.86. The fourth-order valence-corrected chi connectivity index (χ4v) is 4.31. The van der Waals surface area contributed by atoms with E-state index in [-0.39, 0.29) is 11.9 Å². The molecule has 2 saturated heterocycles. The first-order valence-electron chi connectivity index (χ1n) is 11.0. The lowest BCUT2D eigenvalue weighted by Gasteiger charge is -2.33. The molecule has 7 nitrogen and oxygen atoms in total. The third-order valence-corrected chi connectivity index (χ3v) is 6.00. The molecule has 0 bridgehead atoms. The van der Waals surface area contributed by atoms with Gasteiger partial charge in [0, 0.05) is 32.7 Å². The van der Waals surface area contributed by atoms with Crippen molar-refractivity contribution in [3.8, 4) is 0 Å². The molecule has 0 amide bonds. The van der Waals surface area contributed by atoms with E-state index in [1.165, 1.54) is 11.1 Å². The van der Waals surface area contributed by atoms with Crippen LogP contribution in [0.4, 0.5) is 16.0 Å². The van der Waals surface area contributed by atoms with Crippen molar-refractivity contribution >= 4 is 17.2 Å². The maximum atomic E-state index is 15.6. The van der Waals surface area contributed by atoms with Crippen molar-refractivity contribution in [2.75, 3.05) is 69.0 Å². The van der Waals surface area contributed by atoms with Gasteiger partial charge < -0.3 is 24.6 Å². The van der Waals surface area contributed by atoms with Crippen molar-refractivity contribution in [1.29, 1.82) is 0 Å². The lowest BCUT2D eigenvalue weighted by Crippen LogP contribution is -2.40. The van der Waals surface area contributed by atoms with E-state index in [0.717, 1.165) is 13.0 Å². The predicted octanol–water partition coefficient (Wildman–Crippen LogP) is 2.41. The molecule has 3 aliphatic heterocycles. The van der Waals surface area contributed by atoms with Crippen LogP contribution in [0.3, 0.4) is 0 Å². The van der Waals surface area contributed by atoms with Gasteiger partial charge in [0.05, 0.1) is 32.5 Å².